The average Bonchev–Trinajstić information content (AvgIpc) is 3.36. The van der Waals surface area contributed by atoms with Gasteiger partial charge < -0.3 is 10.6 Å². The lowest BCUT2D eigenvalue weighted by Gasteiger charge is -2.30. The molecule has 0 radical (unpaired) electrons. The molecule has 166 valence electrons. The van der Waals surface area contributed by atoms with Crippen LogP contribution in [-0.2, 0) is 11.3 Å². The molecule has 0 spiro atoms. The van der Waals surface area contributed by atoms with Crippen molar-refractivity contribution in [2.24, 2.45) is 5.92 Å². The Labute approximate surface area is 180 Å². The number of aromatic nitrogens is 4. The number of amides is 2. The number of aryl methyl sites for hydroxylation is 1. The molecule has 0 aromatic carbocycles. The van der Waals surface area contributed by atoms with Gasteiger partial charge in [0.05, 0.1) is 12.1 Å². The predicted octanol–water partition coefficient (Wildman–Crippen LogP) is 0.481. The normalized spacial score (nSPS) is 21.2. The predicted molar refractivity (Wildman–Crippen MR) is 113 cm³/mol. The van der Waals surface area contributed by atoms with E-state index in [-0.39, 0.29) is 36.1 Å². The summed E-state index contributed by atoms with van der Waals surface area (Å²) in [6.07, 6.45) is 6.33. The number of rotatable bonds is 9. The first-order chi connectivity index (χ1) is 15.0. The summed E-state index contributed by atoms with van der Waals surface area (Å²) < 4.78 is 0. The first-order valence-electron chi connectivity index (χ1n) is 10.8. The van der Waals surface area contributed by atoms with E-state index in [4.69, 9.17) is 0 Å². The van der Waals surface area contributed by atoms with Gasteiger partial charge in [0.2, 0.25) is 5.91 Å². The number of hydrogen-bond donors (Lipinski definition) is 4. The van der Waals surface area contributed by atoms with Gasteiger partial charge in [0.1, 0.15) is 5.82 Å². The Morgan fingerprint density at radius 2 is 1.97 bits per heavy atom. The van der Waals surface area contributed by atoms with Crippen molar-refractivity contribution in [1.29, 1.82) is 0 Å². The Morgan fingerprint density at radius 3 is 2.65 bits per heavy atom. The molecule has 0 unspecified atom stereocenters. The summed E-state index contributed by atoms with van der Waals surface area (Å²) in [4.78, 5) is 45.1. The second kappa shape index (κ2) is 9.42. The number of aromatic amines is 2. The summed E-state index contributed by atoms with van der Waals surface area (Å²) in [6.45, 7) is 3.61. The minimum absolute atomic E-state index is 0.0648. The molecule has 10 heteroatoms. The maximum atomic E-state index is 12.5. The van der Waals surface area contributed by atoms with Crippen molar-refractivity contribution in [3.8, 4) is 0 Å². The molecule has 31 heavy (non-hydrogen) atoms. The van der Waals surface area contributed by atoms with Gasteiger partial charge in [0.25, 0.3) is 5.91 Å². The van der Waals surface area contributed by atoms with E-state index < -0.39 is 0 Å². The molecule has 2 aromatic rings. The van der Waals surface area contributed by atoms with Crippen molar-refractivity contribution < 1.29 is 9.59 Å². The van der Waals surface area contributed by atoms with Crippen LogP contribution >= 0.6 is 0 Å². The molecule has 1 aliphatic carbocycles. The molecule has 4 N–H and O–H groups in total. The van der Waals surface area contributed by atoms with Gasteiger partial charge >= 0.3 is 5.69 Å². The van der Waals surface area contributed by atoms with Crippen LogP contribution < -0.4 is 16.3 Å². The first kappa shape index (κ1) is 21.2. The largest absolute Gasteiger partial charge is 0.350 e. The lowest BCUT2D eigenvalue weighted by atomic mass is 10.1. The van der Waals surface area contributed by atoms with Crippen molar-refractivity contribution in [1.82, 2.24) is 35.7 Å². The van der Waals surface area contributed by atoms with Crippen LogP contribution in [0.1, 0.15) is 54.0 Å². The fourth-order valence-corrected chi connectivity index (χ4v) is 4.12. The fraction of sp³-hybridized carbons (Fsp3) is 0.571. The number of hydrogen-bond acceptors (Lipinski definition) is 6. The Morgan fingerprint density at radius 1 is 1.16 bits per heavy atom. The van der Waals surface area contributed by atoms with E-state index in [2.05, 4.69) is 35.7 Å². The zero-order chi connectivity index (χ0) is 21.8. The summed E-state index contributed by atoms with van der Waals surface area (Å²) in [7, 11) is 0. The van der Waals surface area contributed by atoms with Gasteiger partial charge in [-0.2, -0.15) is 5.10 Å². The van der Waals surface area contributed by atoms with Crippen molar-refractivity contribution in [3.63, 3.8) is 0 Å². The van der Waals surface area contributed by atoms with Gasteiger partial charge in [-0.1, -0.05) is 0 Å². The molecule has 1 saturated carbocycles. The molecule has 1 aliphatic heterocycles. The molecule has 1 saturated heterocycles. The highest BCUT2D eigenvalue weighted by Gasteiger charge is 2.38. The average molecular weight is 428 g/mol. The number of H-pyrrole nitrogens is 2. The maximum Gasteiger partial charge on any atom is 0.340 e. The Kier molecular flexibility index (Phi) is 6.45. The molecule has 2 atom stereocenters. The number of nitrogens with zero attached hydrogens (tertiary/aromatic N) is 3. The minimum atomic E-state index is -0.387. The lowest BCUT2D eigenvalue weighted by Crippen LogP contribution is -2.45. The monoisotopic (exact) mass is 427 g/mol. The van der Waals surface area contributed by atoms with Crippen LogP contribution in [0.4, 0.5) is 0 Å². The van der Waals surface area contributed by atoms with E-state index in [1.54, 1.807) is 12.3 Å². The molecule has 2 amide bonds. The fourth-order valence-electron chi connectivity index (χ4n) is 4.12. The molecule has 2 aliphatic rings. The molecule has 0 bridgehead atoms. The van der Waals surface area contributed by atoms with Crippen molar-refractivity contribution >= 4 is 11.8 Å². The molecular weight excluding hydrogens is 398 g/mol. The first-order valence-corrected chi connectivity index (χ1v) is 10.8. The number of carbonyl (C=O) groups excluding carboxylic acids is 2. The summed E-state index contributed by atoms with van der Waals surface area (Å²) in [6, 6.07) is 4.00. The van der Waals surface area contributed by atoms with Crippen LogP contribution in [0.5, 0.6) is 0 Å². The second-order valence-corrected chi connectivity index (χ2v) is 8.53. The summed E-state index contributed by atoms with van der Waals surface area (Å²) in [5.41, 5.74) is 1.05. The molecular formula is C21H29N7O3. The SMILES string of the molecule is Cc1ccc(C(=O)NC[C@@H]2CC[C@H](CC(=O)NCc3n[nH]c(=O)[nH]3)N2CC2CC2)cn1. The van der Waals surface area contributed by atoms with Crippen molar-refractivity contribution in [2.75, 3.05) is 13.1 Å². The topological polar surface area (TPSA) is 136 Å². The number of likely N-dealkylation sites (tertiary alicyclic amines) is 1. The maximum absolute atomic E-state index is 12.5. The quantitative estimate of drug-likeness (QED) is 0.460. The van der Waals surface area contributed by atoms with Crippen LogP contribution in [0, 0.1) is 12.8 Å². The summed E-state index contributed by atoms with van der Waals surface area (Å²) in [5, 5.41) is 12.0. The van der Waals surface area contributed by atoms with E-state index in [1.807, 2.05) is 13.0 Å². The second-order valence-electron chi connectivity index (χ2n) is 8.53. The van der Waals surface area contributed by atoms with Gasteiger partial charge in [0, 0.05) is 43.5 Å². The smallest absolute Gasteiger partial charge is 0.340 e. The molecule has 4 rings (SSSR count). The zero-order valence-corrected chi connectivity index (χ0v) is 17.7. The highest BCUT2D eigenvalue weighted by Crippen LogP contribution is 2.35. The number of carbonyl (C=O) groups is 2. The van der Waals surface area contributed by atoms with E-state index in [0.717, 1.165) is 25.1 Å². The summed E-state index contributed by atoms with van der Waals surface area (Å²) in [5.74, 6) is 0.918. The Bertz CT molecular complexity index is 964. The highest BCUT2D eigenvalue weighted by atomic mass is 16.2. The van der Waals surface area contributed by atoms with Crippen LogP contribution in [-0.4, -0.2) is 62.1 Å². The number of nitrogens with one attached hydrogen (secondary N) is 4. The Balaban J connectivity index is 1.30. The van der Waals surface area contributed by atoms with Crippen LogP contribution in [0.25, 0.3) is 0 Å². The molecule has 3 heterocycles. The van der Waals surface area contributed by atoms with Gasteiger partial charge in [-0.15, -0.1) is 0 Å². The lowest BCUT2D eigenvalue weighted by molar-refractivity contribution is -0.122. The molecule has 10 nitrogen and oxygen atoms in total. The van der Waals surface area contributed by atoms with Crippen LogP contribution in [0.3, 0.4) is 0 Å². The van der Waals surface area contributed by atoms with Crippen LogP contribution in [0.15, 0.2) is 23.1 Å². The van der Waals surface area contributed by atoms with Gasteiger partial charge in [-0.05, 0) is 50.7 Å². The van der Waals surface area contributed by atoms with E-state index in [0.29, 0.717) is 30.3 Å². The van der Waals surface area contributed by atoms with Gasteiger partial charge in [0.15, 0.2) is 0 Å². The van der Waals surface area contributed by atoms with Crippen molar-refractivity contribution in [3.05, 3.63) is 45.9 Å². The third-order valence-electron chi connectivity index (χ3n) is 6.03. The standard InChI is InChI=1S/C21H29N7O3/c1-13-2-5-15(9-22-13)20(30)24-10-17-7-6-16(28(17)12-14-3-4-14)8-19(29)23-11-18-25-21(31)27-26-18/h2,5,9,14,16-17H,3-4,6-8,10-12H2,1H3,(H,23,29)(H,24,30)(H2,25,26,27,31)/t16-,17+/m1/s1. The Hall–Kier alpha value is -3.01. The molecule has 2 aromatic heterocycles. The molecule has 2 fully saturated rings. The van der Waals surface area contributed by atoms with Crippen LogP contribution in [0.2, 0.25) is 0 Å². The van der Waals surface area contributed by atoms with E-state index in [1.165, 1.54) is 12.8 Å². The van der Waals surface area contributed by atoms with Gasteiger partial charge in [-0.25, -0.2) is 9.89 Å². The minimum Gasteiger partial charge on any atom is -0.350 e. The number of pyridine rings is 1. The van der Waals surface area contributed by atoms with Gasteiger partial charge in [-0.3, -0.25) is 24.5 Å². The zero-order valence-electron chi connectivity index (χ0n) is 17.7. The van der Waals surface area contributed by atoms with E-state index >= 15 is 0 Å². The third kappa shape index (κ3) is 5.78. The van der Waals surface area contributed by atoms with Crippen molar-refractivity contribution in [2.45, 2.75) is 57.7 Å². The summed E-state index contributed by atoms with van der Waals surface area (Å²) >= 11 is 0. The third-order valence-corrected chi connectivity index (χ3v) is 6.03. The highest BCUT2D eigenvalue weighted by molar-refractivity contribution is 5.93. The van der Waals surface area contributed by atoms with E-state index in [9.17, 15) is 14.4 Å².